The molecule has 3 rings (SSSR count). The standard InChI is InChI=1S/C36H62N3O11P/c1-14-24-36(9)26(25(33(44)49-36)31(37)38-50-22(7)51-13)19(4)27(40)17(2)16-35(8,45-12)30(20(5)28(41)21(6)32(43)47-24)48-34-29(42)23(39(10)11)15-18(3)46-34/h17-26,29-30,34,42,51H,14-16H2,1-13H3,(H2,37,38)/t17-,18-,19-,20+,21-,22-,23+,24+,25-,26+,29-,30-,34?,35-,36-/m1/s1. The minimum absolute atomic E-state index is 0.0883. The fraction of sp³-hybridized carbons (Fsp3) is 0.861. The number of methoxy groups -OCH3 is 1. The van der Waals surface area contributed by atoms with E-state index >= 15 is 0 Å². The summed E-state index contributed by atoms with van der Waals surface area (Å²) in [7, 11) is 5.59. The third kappa shape index (κ3) is 8.95. The SMILES string of the molecule is CC[C@@H]1OC(=O)[C@H](C)C(=O)[C@H](C)[C@@H](OC2O[C@H](C)C[C@H](N(C)C)[C@H]2O)[C@](C)(OC)C[C@@H](C)C(=O)[C@H](C)[C@H]2[C@H](/C(N)=N/O[C@@H](C)PC)C(=O)O[C@@]21C. The van der Waals surface area contributed by atoms with Crippen LogP contribution in [-0.2, 0) is 47.7 Å². The third-order valence-corrected chi connectivity index (χ3v) is 12.3. The second-order valence-electron chi connectivity index (χ2n) is 15.3. The highest BCUT2D eigenvalue weighted by Gasteiger charge is 2.62. The van der Waals surface area contributed by atoms with Gasteiger partial charge in [-0.3, -0.25) is 19.2 Å². The van der Waals surface area contributed by atoms with Gasteiger partial charge in [-0.15, -0.1) is 0 Å². The number of carbonyl (C=O) groups excluding carboxylic acids is 4. The molecule has 3 aliphatic heterocycles. The summed E-state index contributed by atoms with van der Waals surface area (Å²) in [6.07, 6.45) is -3.69. The van der Waals surface area contributed by atoms with Crippen molar-refractivity contribution in [3.05, 3.63) is 0 Å². The lowest BCUT2D eigenvalue weighted by molar-refractivity contribution is -0.295. The molecular formula is C36H62N3O11P. The van der Waals surface area contributed by atoms with Crippen molar-refractivity contribution in [3.63, 3.8) is 0 Å². The van der Waals surface area contributed by atoms with E-state index in [1.54, 1.807) is 41.5 Å². The lowest BCUT2D eigenvalue weighted by Crippen LogP contribution is -2.59. The summed E-state index contributed by atoms with van der Waals surface area (Å²) in [5, 5.41) is 15.4. The van der Waals surface area contributed by atoms with Crippen LogP contribution in [0.5, 0.6) is 0 Å². The number of likely N-dealkylation sites (N-methyl/N-ethyl adjacent to an activating group) is 1. The summed E-state index contributed by atoms with van der Waals surface area (Å²) in [5.74, 6) is -8.48. The molecule has 0 aliphatic carbocycles. The van der Waals surface area contributed by atoms with Crippen LogP contribution in [0.15, 0.2) is 5.16 Å². The predicted molar refractivity (Wildman–Crippen MR) is 192 cm³/mol. The Morgan fingerprint density at radius 3 is 2.25 bits per heavy atom. The molecule has 3 aliphatic rings. The van der Waals surface area contributed by atoms with E-state index in [1.165, 1.54) is 14.0 Å². The highest BCUT2D eigenvalue weighted by Crippen LogP contribution is 2.48. The maximum absolute atomic E-state index is 14.5. The molecule has 0 saturated carbocycles. The second-order valence-corrected chi connectivity index (χ2v) is 16.7. The van der Waals surface area contributed by atoms with Crippen LogP contribution in [0.4, 0.5) is 0 Å². The van der Waals surface area contributed by atoms with Crippen molar-refractivity contribution in [3.8, 4) is 0 Å². The summed E-state index contributed by atoms with van der Waals surface area (Å²) in [6, 6.07) is -0.288. The Balaban J connectivity index is 2.16. The number of Topliss-reactive ketones (excluding diaryl/α,β-unsaturated/α-hetero) is 2. The molecule has 0 bridgehead atoms. The number of hydrogen-bond donors (Lipinski definition) is 2. The Bertz CT molecular complexity index is 1300. The molecule has 51 heavy (non-hydrogen) atoms. The first-order valence-corrected chi connectivity index (χ1v) is 19.6. The summed E-state index contributed by atoms with van der Waals surface area (Å²) in [5.41, 5.74) is 3.63. The zero-order chi connectivity index (χ0) is 38.7. The maximum atomic E-state index is 14.5. The number of esters is 2. The van der Waals surface area contributed by atoms with Crippen LogP contribution in [0.2, 0.25) is 0 Å². The van der Waals surface area contributed by atoms with Gasteiger partial charge in [-0.2, -0.15) is 0 Å². The number of ether oxygens (including phenoxy) is 5. The maximum Gasteiger partial charge on any atom is 0.317 e. The Kier molecular flexibility index (Phi) is 14.6. The van der Waals surface area contributed by atoms with Crippen LogP contribution >= 0.6 is 8.58 Å². The van der Waals surface area contributed by atoms with Gasteiger partial charge in [0.1, 0.15) is 35.7 Å². The van der Waals surface area contributed by atoms with E-state index in [-0.39, 0.29) is 42.5 Å². The Morgan fingerprint density at radius 1 is 1.08 bits per heavy atom. The molecule has 2 unspecified atom stereocenters. The Labute approximate surface area is 304 Å². The van der Waals surface area contributed by atoms with E-state index in [1.807, 2.05) is 39.5 Å². The first-order chi connectivity index (χ1) is 23.7. The minimum Gasteiger partial charge on any atom is -0.458 e. The van der Waals surface area contributed by atoms with Crippen LogP contribution < -0.4 is 5.73 Å². The molecule has 3 fully saturated rings. The predicted octanol–water partition coefficient (Wildman–Crippen LogP) is 3.10. The average Bonchev–Trinajstić information content (AvgIpc) is 3.36. The number of nitrogens with zero attached hydrogens (tertiary/aromatic N) is 2. The van der Waals surface area contributed by atoms with Crippen molar-refractivity contribution < 1.29 is 52.8 Å². The highest BCUT2D eigenvalue weighted by atomic mass is 31.1. The number of fused-ring (bicyclic) bond motifs is 1. The van der Waals surface area contributed by atoms with Crippen molar-refractivity contribution in [2.75, 3.05) is 27.9 Å². The molecule has 0 spiro atoms. The van der Waals surface area contributed by atoms with Gasteiger partial charge >= 0.3 is 11.9 Å². The first kappa shape index (κ1) is 43.2. The Morgan fingerprint density at radius 2 is 1.71 bits per heavy atom. The molecule has 3 saturated heterocycles. The molecule has 14 nitrogen and oxygen atoms in total. The smallest absolute Gasteiger partial charge is 0.317 e. The number of rotatable bonds is 9. The lowest BCUT2D eigenvalue weighted by Gasteiger charge is -2.47. The highest BCUT2D eigenvalue weighted by molar-refractivity contribution is 7.37. The molecular weight excluding hydrogens is 681 g/mol. The first-order valence-electron chi connectivity index (χ1n) is 18.1. The number of aliphatic hydroxyl groups excluding tert-OH is 1. The number of carbonyl (C=O) groups is 4. The monoisotopic (exact) mass is 743 g/mol. The Hall–Kier alpha value is -2.22. The molecule has 3 heterocycles. The number of ketones is 2. The molecule has 0 aromatic heterocycles. The van der Waals surface area contributed by atoms with Gasteiger partial charge in [0, 0.05) is 36.8 Å². The van der Waals surface area contributed by atoms with Gasteiger partial charge in [0.05, 0.1) is 17.8 Å². The largest absolute Gasteiger partial charge is 0.458 e. The number of nitrogens with two attached hydrogens (primary N) is 1. The fourth-order valence-electron chi connectivity index (χ4n) is 8.19. The van der Waals surface area contributed by atoms with Crippen LogP contribution in [0.3, 0.4) is 0 Å². The minimum atomic E-state index is -1.50. The van der Waals surface area contributed by atoms with Crippen molar-refractivity contribution in [2.45, 2.75) is 135 Å². The van der Waals surface area contributed by atoms with Crippen molar-refractivity contribution in [1.29, 1.82) is 0 Å². The number of amidine groups is 1. The summed E-state index contributed by atoms with van der Waals surface area (Å²) >= 11 is 0. The summed E-state index contributed by atoms with van der Waals surface area (Å²) in [4.78, 5) is 63.7. The van der Waals surface area contributed by atoms with Gasteiger partial charge in [0.15, 0.2) is 23.5 Å². The number of aliphatic hydroxyl groups is 1. The molecule has 0 aromatic rings. The van der Waals surface area contributed by atoms with Gasteiger partial charge in [0.2, 0.25) is 0 Å². The molecule has 3 N–H and O–H groups in total. The fourth-order valence-corrected chi connectivity index (χ4v) is 8.35. The normalized spacial score (nSPS) is 42.8. The number of cyclic esters (lactones) is 1. The van der Waals surface area contributed by atoms with Gasteiger partial charge in [0.25, 0.3) is 0 Å². The van der Waals surface area contributed by atoms with E-state index < -0.39 is 89.0 Å². The van der Waals surface area contributed by atoms with Gasteiger partial charge in [-0.25, -0.2) is 0 Å². The van der Waals surface area contributed by atoms with Crippen LogP contribution in [0.1, 0.15) is 81.6 Å². The molecule has 292 valence electrons. The molecule has 15 heteroatoms. The van der Waals surface area contributed by atoms with Crippen molar-refractivity contribution in [2.24, 2.45) is 46.4 Å². The topological polar surface area (TPSA) is 186 Å². The van der Waals surface area contributed by atoms with Crippen LogP contribution in [0.25, 0.3) is 0 Å². The van der Waals surface area contributed by atoms with Crippen molar-refractivity contribution >= 4 is 37.9 Å². The van der Waals surface area contributed by atoms with Gasteiger partial charge in [-0.05, 0) is 74.6 Å². The van der Waals surface area contributed by atoms with Crippen LogP contribution in [-0.4, -0.2) is 121 Å². The number of hydrogen-bond acceptors (Lipinski definition) is 13. The quantitative estimate of drug-likeness (QED) is 0.0878. The van der Waals surface area contributed by atoms with E-state index in [4.69, 9.17) is 34.3 Å². The molecule has 0 aromatic carbocycles. The van der Waals surface area contributed by atoms with Crippen LogP contribution in [0, 0.1) is 35.5 Å². The van der Waals surface area contributed by atoms with E-state index in [0.29, 0.717) is 15.0 Å². The van der Waals surface area contributed by atoms with E-state index in [2.05, 4.69) is 5.16 Å². The average molecular weight is 744 g/mol. The number of oxime groups is 1. The summed E-state index contributed by atoms with van der Waals surface area (Å²) < 4.78 is 30.8. The lowest BCUT2D eigenvalue weighted by atomic mass is 9.67. The van der Waals surface area contributed by atoms with E-state index in [0.717, 1.165) is 0 Å². The van der Waals surface area contributed by atoms with Crippen molar-refractivity contribution in [1.82, 2.24) is 4.90 Å². The molecule has 0 amide bonds. The summed E-state index contributed by atoms with van der Waals surface area (Å²) in [6.45, 7) is 17.4. The van der Waals surface area contributed by atoms with Gasteiger partial charge < -0.3 is 44.3 Å². The molecule has 0 radical (unpaired) electrons. The third-order valence-electron chi connectivity index (χ3n) is 11.4. The van der Waals surface area contributed by atoms with Gasteiger partial charge in [-0.1, -0.05) is 41.4 Å². The molecule has 16 atom stereocenters. The van der Waals surface area contributed by atoms with E-state index in [9.17, 15) is 24.3 Å². The second kappa shape index (κ2) is 17.3. The zero-order valence-electron chi connectivity index (χ0n) is 32.6. The zero-order valence-corrected chi connectivity index (χ0v) is 33.6.